The summed E-state index contributed by atoms with van der Waals surface area (Å²) in [7, 11) is 1.77. The number of halogens is 1. The number of hydrogen-bond donors (Lipinski definition) is 0. The number of rotatable bonds is 6. The highest BCUT2D eigenvalue weighted by molar-refractivity contribution is 6.18. The number of alkyl halides is 1. The Morgan fingerprint density at radius 1 is 1.15 bits per heavy atom. The van der Waals surface area contributed by atoms with Crippen molar-refractivity contribution in [3.05, 3.63) is 0 Å². The van der Waals surface area contributed by atoms with Crippen LogP contribution >= 0.6 is 11.6 Å². The van der Waals surface area contributed by atoms with E-state index in [0.29, 0.717) is 0 Å². The van der Waals surface area contributed by atoms with Gasteiger partial charge in [-0.3, -0.25) is 0 Å². The van der Waals surface area contributed by atoms with E-state index in [0.717, 1.165) is 25.1 Å². The Balaban J connectivity index is 3.99. The van der Waals surface area contributed by atoms with Crippen LogP contribution in [0, 0.1) is 5.41 Å². The Hall–Kier alpha value is 0.250. The van der Waals surface area contributed by atoms with Crippen molar-refractivity contribution in [1.29, 1.82) is 0 Å². The quantitative estimate of drug-likeness (QED) is 0.600. The van der Waals surface area contributed by atoms with Gasteiger partial charge in [-0.05, 0) is 38.5 Å². The summed E-state index contributed by atoms with van der Waals surface area (Å²) < 4.78 is 5.38. The molecule has 13 heavy (non-hydrogen) atoms. The molecule has 0 rings (SSSR count). The van der Waals surface area contributed by atoms with Crippen LogP contribution in [-0.2, 0) is 4.74 Å². The lowest BCUT2D eigenvalue weighted by Crippen LogP contribution is -2.27. The maximum Gasteiger partial charge on any atom is 0.0623 e. The van der Waals surface area contributed by atoms with Crippen molar-refractivity contribution in [3.63, 3.8) is 0 Å². The van der Waals surface area contributed by atoms with Crippen LogP contribution in [0.15, 0.2) is 0 Å². The Kier molecular flexibility index (Phi) is 5.31. The zero-order chi connectivity index (χ0) is 10.5. The zero-order valence-electron chi connectivity index (χ0n) is 9.61. The molecule has 0 aliphatic rings. The Bertz CT molecular complexity index is 139. The number of ether oxygens (including phenoxy) is 1. The summed E-state index contributed by atoms with van der Waals surface area (Å²) in [6, 6.07) is 0. The van der Waals surface area contributed by atoms with Gasteiger partial charge >= 0.3 is 0 Å². The predicted octanol–water partition coefficient (Wildman–Crippen LogP) is 3.85. The summed E-state index contributed by atoms with van der Waals surface area (Å²) in [5.41, 5.74) is 0.264. The molecule has 0 bridgehead atoms. The van der Waals surface area contributed by atoms with Crippen LogP contribution in [0.5, 0.6) is 0 Å². The Labute approximate surface area is 87.8 Å². The van der Waals surface area contributed by atoms with E-state index in [1.165, 1.54) is 0 Å². The second-order valence-electron chi connectivity index (χ2n) is 4.76. The molecule has 1 unspecified atom stereocenters. The topological polar surface area (TPSA) is 9.23 Å². The molecule has 0 aliphatic heterocycles. The van der Waals surface area contributed by atoms with Crippen LogP contribution in [0.1, 0.15) is 47.0 Å². The lowest BCUT2D eigenvalue weighted by atomic mass is 9.82. The van der Waals surface area contributed by atoms with E-state index in [1.807, 2.05) is 0 Å². The minimum atomic E-state index is -0.0114. The minimum absolute atomic E-state index is 0.0114. The molecule has 0 aromatic carbocycles. The molecular weight excluding hydrogens is 184 g/mol. The average molecular weight is 207 g/mol. The first kappa shape index (κ1) is 13.2. The smallest absolute Gasteiger partial charge is 0.0623 e. The highest BCUT2D eigenvalue weighted by Gasteiger charge is 2.25. The molecule has 0 amide bonds. The third-order valence-electron chi connectivity index (χ3n) is 3.06. The van der Waals surface area contributed by atoms with Gasteiger partial charge in [0.15, 0.2) is 0 Å². The van der Waals surface area contributed by atoms with E-state index >= 15 is 0 Å². The van der Waals surface area contributed by atoms with Gasteiger partial charge in [-0.2, -0.15) is 0 Å². The van der Waals surface area contributed by atoms with Crippen molar-refractivity contribution in [2.75, 3.05) is 13.0 Å². The van der Waals surface area contributed by atoms with Crippen molar-refractivity contribution in [2.24, 2.45) is 5.41 Å². The molecule has 1 nitrogen and oxygen atoms in total. The van der Waals surface area contributed by atoms with Crippen LogP contribution in [-0.4, -0.2) is 18.6 Å². The molecule has 0 saturated carbocycles. The Morgan fingerprint density at radius 3 is 2.00 bits per heavy atom. The molecule has 0 N–H and O–H groups in total. The highest BCUT2D eigenvalue weighted by Crippen LogP contribution is 2.32. The van der Waals surface area contributed by atoms with Crippen LogP contribution in [0.2, 0.25) is 0 Å². The minimum Gasteiger partial charge on any atom is -0.379 e. The molecule has 80 valence electrons. The van der Waals surface area contributed by atoms with Crippen molar-refractivity contribution >= 4 is 11.6 Å². The second-order valence-corrected chi connectivity index (χ2v) is 5.03. The molecular formula is C11H23ClO. The maximum atomic E-state index is 5.94. The van der Waals surface area contributed by atoms with E-state index in [9.17, 15) is 0 Å². The summed E-state index contributed by atoms with van der Waals surface area (Å²) in [5, 5.41) is 0. The molecule has 0 saturated heterocycles. The van der Waals surface area contributed by atoms with E-state index < -0.39 is 0 Å². The fraction of sp³-hybridized carbons (Fsp3) is 1.00. The first-order valence-electron chi connectivity index (χ1n) is 5.00. The summed E-state index contributed by atoms with van der Waals surface area (Å²) in [4.78, 5) is 0. The van der Waals surface area contributed by atoms with Crippen LogP contribution in [0.4, 0.5) is 0 Å². The van der Waals surface area contributed by atoms with Crippen LogP contribution < -0.4 is 0 Å². The molecule has 0 aromatic rings. The average Bonchev–Trinajstić information content (AvgIpc) is 2.14. The molecule has 1 atom stereocenters. The highest BCUT2D eigenvalue weighted by atomic mass is 35.5. The van der Waals surface area contributed by atoms with Gasteiger partial charge in [-0.15, -0.1) is 11.6 Å². The van der Waals surface area contributed by atoms with Gasteiger partial charge in [-0.1, -0.05) is 13.8 Å². The monoisotopic (exact) mass is 206 g/mol. The zero-order valence-corrected chi connectivity index (χ0v) is 10.4. The van der Waals surface area contributed by atoms with Gasteiger partial charge in [0.25, 0.3) is 0 Å². The first-order chi connectivity index (χ1) is 5.89. The van der Waals surface area contributed by atoms with Gasteiger partial charge in [0.2, 0.25) is 0 Å². The second kappa shape index (κ2) is 5.21. The summed E-state index contributed by atoms with van der Waals surface area (Å²) in [5.74, 6) is 0.739. The largest absolute Gasteiger partial charge is 0.379 e. The van der Waals surface area contributed by atoms with Gasteiger partial charge in [0, 0.05) is 13.0 Å². The lowest BCUT2D eigenvalue weighted by molar-refractivity contribution is 0.00586. The van der Waals surface area contributed by atoms with Crippen molar-refractivity contribution in [2.45, 2.75) is 52.6 Å². The third kappa shape index (κ3) is 4.87. The van der Waals surface area contributed by atoms with E-state index in [-0.39, 0.29) is 11.0 Å². The van der Waals surface area contributed by atoms with Gasteiger partial charge < -0.3 is 4.74 Å². The molecule has 0 spiro atoms. The third-order valence-corrected chi connectivity index (χ3v) is 3.70. The fourth-order valence-electron chi connectivity index (χ4n) is 1.04. The van der Waals surface area contributed by atoms with Crippen LogP contribution in [0.25, 0.3) is 0 Å². The summed E-state index contributed by atoms with van der Waals surface area (Å²) in [6.07, 6.45) is 3.34. The normalized spacial score (nSPS) is 17.1. The van der Waals surface area contributed by atoms with Crippen molar-refractivity contribution in [1.82, 2.24) is 0 Å². The fourth-order valence-corrected chi connectivity index (χ4v) is 1.37. The molecule has 0 aromatic heterocycles. The van der Waals surface area contributed by atoms with E-state index in [4.69, 9.17) is 16.3 Å². The summed E-state index contributed by atoms with van der Waals surface area (Å²) >= 11 is 5.94. The Morgan fingerprint density at radius 2 is 1.69 bits per heavy atom. The van der Waals surface area contributed by atoms with E-state index in [1.54, 1.807) is 7.11 Å². The summed E-state index contributed by atoms with van der Waals surface area (Å²) in [6.45, 7) is 8.68. The number of hydrogen-bond acceptors (Lipinski definition) is 1. The molecule has 0 radical (unpaired) electrons. The molecule has 0 aliphatic carbocycles. The lowest BCUT2D eigenvalue weighted by Gasteiger charge is -2.30. The molecule has 0 heterocycles. The van der Waals surface area contributed by atoms with Gasteiger partial charge in [0.1, 0.15) is 0 Å². The first-order valence-corrected chi connectivity index (χ1v) is 5.54. The van der Waals surface area contributed by atoms with E-state index in [2.05, 4.69) is 27.7 Å². The standard InChI is InChI=1S/C11H23ClO/c1-6-11(4,9-12)8-7-10(2,3)13-5/h6-9H2,1-5H3. The van der Waals surface area contributed by atoms with Crippen molar-refractivity contribution < 1.29 is 4.74 Å². The van der Waals surface area contributed by atoms with Crippen molar-refractivity contribution in [3.8, 4) is 0 Å². The molecule has 0 fully saturated rings. The van der Waals surface area contributed by atoms with Gasteiger partial charge in [-0.25, -0.2) is 0 Å². The predicted molar refractivity (Wildman–Crippen MR) is 59.4 cm³/mol. The van der Waals surface area contributed by atoms with Gasteiger partial charge in [0.05, 0.1) is 5.60 Å². The number of methoxy groups -OCH3 is 1. The van der Waals surface area contributed by atoms with Crippen LogP contribution in [0.3, 0.4) is 0 Å². The maximum absolute atomic E-state index is 5.94. The molecule has 2 heteroatoms. The SMILES string of the molecule is CCC(C)(CCl)CCC(C)(C)OC.